The summed E-state index contributed by atoms with van der Waals surface area (Å²) in [6.45, 7) is 0.784. The normalized spacial score (nSPS) is 10.1. The van der Waals surface area contributed by atoms with E-state index in [1.165, 1.54) is 0 Å². The second-order valence-electron chi connectivity index (χ2n) is 3.23. The van der Waals surface area contributed by atoms with Crippen LogP contribution >= 0.6 is 27.7 Å². The van der Waals surface area contributed by atoms with Gasteiger partial charge in [-0.3, -0.25) is 4.79 Å². The van der Waals surface area contributed by atoms with Gasteiger partial charge in [0.25, 0.3) is 5.91 Å². The molecule has 0 bridgehead atoms. The van der Waals surface area contributed by atoms with E-state index >= 15 is 0 Å². The average Bonchev–Trinajstić information content (AvgIpc) is 2.24. The third-order valence-electron chi connectivity index (χ3n) is 2.05. The first-order valence-corrected chi connectivity index (χ1v) is 6.84. The standard InChI is InChI=1S/C11H14BrNOS/c1-13(6-7-15-2)11(14)9-4-3-5-10(12)8-9/h3-5,8H,6-7H2,1-2H3. The molecule has 0 spiro atoms. The molecule has 15 heavy (non-hydrogen) atoms. The van der Waals surface area contributed by atoms with Crippen LogP contribution in [-0.2, 0) is 0 Å². The highest BCUT2D eigenvalue weighted by Crippen LogP contribution is 2.13. The minimum atomic E-state index is 0.0744. The summed E-state index contributed by atoms with van der Waals surface area (Å²) in [7, 11) is 1.83. The summed E-state index contributed by atoms with van der Waals surface area (Å²) in [5, 5.41) is 0. The Labute approximate surface area is 103 Å². The van der Waals surface area contributed by atoms with E-state index < -0.39 is 0 Å². The summed E-state index contributed by atoms with van der Waals surface area (Å²) in [4.78, 5) is 13.6. The Kier molecular flexibility index (Phi) is 5.19. The van der Waals surface area contributed by atoms with E-state index in [1.54, 1.807) is 16.7 Å². The number of rotatable bonds is 4. The average molecular weight is 288 g/mol. The highest BCUT2D eigenvalue weighted by Gasteiger charge is 2.10. The Morgan fingerprint density at radius 2 is 2.27 bits per heavy atom. The Balaban J connectivity index is 2.67. The fraction of sp³-hybridized carbons (Fsp3) is 0.364. The van der Waals surface area contributed by atoms with Crippen LogP contribution in [0.1, 0.15) is 10.4 Å². The van der Waals surface area contributed by atoms with Crippen LogP contribution in [-0.4, -0.2) is 36.4 Å². The number of benzene rings is 1. The van der Waals surface area contributed by atoms with Crippen molar-refractivity contribution in [2.24, 2.45) is 0 Å². The maximum atomic E-state index is 11.9. The summed E-state index contributed by atoms with van der Waals surface area (Å²) >= 11 is 5.10. The zero-order valence-electron chi connectivity index (χ0n) is 8.87. The van der Waals surface area contributed by atoms with E-state index in [0.717, 1.165) is 22.3 Å². The van der Waals surface area contributed by atoms with E-state index in [0.29, 0.717) is 0 Å². The molecule has 0 aliphatic rings. The van der Waals surface area contributed by atoms with Gasteiger partial charge in [0, 0.05) is 29.4 Å². The predicted octanol–water partition coefficient (Wildman–Crippen LogP) is 2.88. The summed E-state index contributed by atoms with van der Waals surface area (Å²) in [5.74, 6) is 1.04. The SMILES string of the molecule is CSCCN(C)C(=O)c1cccc(Br)c1. The first-order valence-electron chi connectivity index (χ1n) is 4.65. The van der Waals surface area contributed by atoms with Gasteiger partial charge in [0.1, 0.15) is 0 Å². The van der Waals surface area contributed by atoms with Crippen molar-refractivity contribution in [2.45, 2.75) is 0 Å². The molecule has 0 heterocycles. The number of carbonyl (C=O) groups is 1. The molecule has 0 atom stereocenters. The lowest BCUT2D eigenvalue weighted by Crippen LogP contribution is -2.28. The quantitative estimate of drug-likeness (QED) is 0.849. The predicted molar refractivity (Wildman–Crippen MR) is 69.5 cm³/mol. The number of nitrogens with zero attached hydrogens (tertiary/aromatic N) is 1. The molecule has 0 saturated carbocycles. The molecule has 82 valence electrons. The Morgan fingerprint density at radius 1 is 1.53 bits per heavy atom. The Hall–Kier alpha value is -0.480. The maximum absolute atomic E-state index is 11.9. The molecule has 0 fully saturated rings. The van der Waals surface area contributed by atoms with E-state index in [4.69, 9.17) is 0 Å². The summed E-state index contributed by atoms with van der Waals surface area (Å²) in [6.07, 6.45) is 2.04. The number of carbonyl (C=O) groups excluding carboxylic acids is 1. The number of thioether (sulfide) groups is 1. The van der Waals surface area contributed by atoms with Crippen molar-refractivity contribution in [1.29, 1.82) is 0 Å². The Bertz CT molecular complexity index is 343. The van der Waals surface area contributed by atoms with Crippen LogP contribution in [0.25, 0.3) is 0 Å². The zero-order chi connectivity index (χ0) is 11.3. The third-order valence-corrected chi connectivity index (χ3v) is 3.13. The van der Waals surface area contributed by atoms with Crippen molar-refractivity contribution in [1.82, 2.24) is 4.90 Å². The lowest BCUT2D eigenvalue weighted by Gasteiger charge is -2.16. The molecule has 1 aromatic carbocycles. The van der Waals surface area contributed by atoms with Crippen LogP contribution in [0.3, 0.4) is 0 Å². The van der Waals surface area contributed by atoms with Gasteiger partial charge in [-0.05, 0) is 24.5 Å². The molecular weight excluding hydrogens is 274 g/mol. The minimum absolute atomic E-state index is 0.0744. The number of halogens is 1. The van der Waals surface area contributed by atoms with Gasteiger partial charge in [0.2, 0.25) is 0 Å². The van der Waals surface area contributed by atoms with Crippen molar-refractivity contribution in [3.05, 3.63) is 34.3 Å². The zero-order valence-corrected chi connectivity index (χ0v) is 11.3. The molecule has 1 rings (SSSR count). The second kappa shape index (κ2) is 6.18. The summed E-state index contributed by atoms with van der Waals surface area (Å²) in [6, 6.07) is 7.47. The highest BCUT2D eigenvalue weighted by molar-refractivity contribution is 9.10. The summed E-state index contributed by atoms with van der Waals surface area (Å²) in [5.41, 5.74) is 0.730. The lowest BCUT2D eigenvalue weighted by molar-refractivity contribution is 0.0803. The first kappa shape index (κ1) is 12.6. The van der Waals surface area contributed by atoms with Gasteiger partial charge in [-0.1, -0.05) is 22.0 Å². The van der Waals surface area contributed by atoms with Gasteiger partial charge in [0.05, 0.1) is 0 Å². The van der Waals surface area contributed by atoms with Crippen LogP contribution in [0.15, 0.2) is 28.7 Å². The van der Waals surface area contributed by atoms with Crippen molar-refractivity contribution >= 4 is 33.6 Å². The molecule has 0 N–H and O–H groups in total. The third kappa shape index (κ3) is 3.87. The number of hydrogen-bond donors (Lipinski definition) is 0. The van der Waals surface area contributed by atoms with E-state index in [9.17, 15) is 4.79 Å². The fourth-order valence-electron chi connectivity index (χ4n) is 1.17. The molecule has 4 heteroatoms. The van der Waals surface area contributed by atoms with E-state index in [2.05, 4.69) is 15.9 Å². The molecule has 0 unspecified atom stereocenters. The molecule has 0 saturated heterocycles. The molecular formula is C11H14BrNOS. The largest absolute Gasteiger partial charge is 0.341 e. The summed E-state index contributed by atoms with van der Waals surface area (Å²) < 4.78 is 0.937. The molecule has 1 amide bonds. The number of hydrogen-bond acceptors (Lipinski definition) is 2. The van der Waals surface area contributed by atoms with Crippen molar-refractivity contribution in [3.63, 3.8) is 0 Å². The molecule has 2 nitrogen and oxygen atoms in total. The van der Waals surface area contributed by atoms with Crippen molar-refractivity contribution in [3.8, 4) is 0 Å². The van der Waals surface area contributed by atoms with Gasteiger partial charge in [0.15, 0.2) is 0 Å². The highest BCUT2D eigenvalue weighted by atomic mass is 79.9. The van der Waals surface area contributed by atoms with Crippen LogP contribution in [0.4, 0.5) is 0 Å². The first-order chi connectivity index (χ1) is 7.15. The molecule has 1 aromatic rings. The smallest absolute Gasteiger partial charge is 0.253 e. The number of amides is 1. The van der Waals surface area contributed by atoms with Gasteiger partial charge in [-0.25, -0.2) is 0 Å². The fourth-order valence-corrected chi connectivity index (χ4v) is 2.03. The van der Waals surface area contributed by atoms with Gasteiger partial charge in [-0.2, -0.15) is 11.8 Å². The van der Waals surface area contributed by atoms with Gasteiger partial charge >= 0.3 is 0 Å². The van der Waals surface area contributed by atoms with Gasteiger partial charge in [-0.15, -0.1) is 0 Å². The van der Waals surface area contributed by atoms with Gasteiger partial charge < -0.3 is 4.90 Å². The lowest BCUT2D eigenvalue weighted by atomic mass is 10.2. The van der Waals surface area contributed by atoms with E-state index in [-0.39, 0.29) is 5.91 Å². The van der Waals surface area contributed by atoms with Crippen LogP contribution in [0, 0.1) is 0 Å². The molecule has 0 aromatic heterocycles. The Morgan fingerprint density at radius 3 is 2.87 bits per heavy atom. The molecule has 0 aliphatic carbocycles. The van der Waals surface area contributed by atoms with Crippen molar-refractivity contribution in [2.75, 3.05) is 25.6 Å². The van der Waals surface area contributed by atoms with Crippen LogP contribution < -0.4 is 0 Å². The topological polar surface area (TPSA) is 20.3 Å². The minimum Gasteiger partial charge on any atom is -0.341 e. The second-order valence-corrected chi connectivity index (χ2v) is 5.13. The van der Waals surface area contributed by atoms with Crippen LogP contribution in [0.5, 0.6) is 0 Å². The van der Waals surface area contributed by atoms with Crippen molar-refractivity contribution < 1.29 is 4.79 Å². The van der Waals surface area contributed by atoms with Crippen LogP contribution in [0.2, 0.25) is 0 Å². The monoisotopic (exact) mass is 287 g/mol. The molecule has 0 radical (unpaired) electrons. The maximum Gasteiger partial charge on any atom is 0.253 e. The molecule has 0 aliphatic heterocycles. The van der Waals surface area contributed by atoms with E-state index in [1.807, 2.05) is 37.6 Å².